The van der Waals surface area contributed by atoms with Gasteiger partial charge in [-0.3, -0.25) is 0 Å². The Morgan fingerprint density at radius 1 is 1.41 bits per heavy atom. The van der Waals surface area contributed by atoms with Crippen LogP contribution in [0.15, 0.2) is 36.9 Å². The molecule has 1 atom stereocenters. The number of hydrogen-bond acceptors (Lipinski definition) is 3. The Balaban J connectivity index is 2.75. The fourth-order valence-electron chi connectivity index (χ4n) is 1.67. The second kappa shape index (κ2) is 7.09. The maximum Gasteiger partial charge on any atom is 0.0637 e. The summed E-state index contributed by atoms with van der Waals surface area (Å²) in [6, 6.07) is 8.41. The van der Waals surface area contributed by atoms with Crippen molar-refractivity contribution >= 4 is 5.69 Å². The van der Waals surface area contributed by atoms with E-state index in [1.54, 1.807) is 7.11 Å². The van der Waals surface area contributed by atoms with Gasteiger partial charge in [-0.1, -0.05) is 18.2 Å². The molecule has 0 saturated heterocycles. The van der Waals surface area contributed by atoms with Gasteiger partial charge in [0.15, 0.2) is 0 Å². The van der Waals surface area contributed by atoms with E-state index in [0.29, 0.717) is 6.61 Å². The lowest BCUT2D eigenvalue weighted by atomic mass is 10.1. The van der Waals surface area contributed by atoms with Gasteiger partial charge < -0.3 is 15.4 Å². The van der Waals surface area contributed by atoms with Gasteiger partial charge in [-0.05, 0) is 24.6 Å². The van der Waals surface area contributed by atoms with Crippen LogP contribution >= 0.6 is 0 Å². The van der Waals surface area contributed by atoms with Crippen molar-refractivity contribution in [1.82, 2.24) is 0 Å². The standard InChI is InChI=1S/C14H22N2O/c1-4-9-16(10-11-17-3)14-7-5-13(6-8-14)12(2)15/h4-8,12H,1,9-11,15H2,2-3H3/t12-/m1/s1. The SMILES string of the molecule is C=CCN(CCOC)c1ccc([C@@H](C)N)cc1. The molecule has 0 radical (unpaired) electrons. The molecule has 1 aromatic carbocycles. The van der Waals surface area contributed by atoms with Crippen LogP contribution in [-0.4, -0.2) is 26.8 Å². The predicted octanol–water partition coefficient (Wildman–Crippen LogP) is 2.35. The van der Waals surface area contributed by atoms with Crippen molar-refractivity contribution in [3.63, 3.8) is 0 Å². The van der Waals surface area contributed by atoms with Gasteiger partial charge in [0.05, 0.1) is 6.61 Å². The molecular weight excluding hydrogens is 212 g/mol. The Morgan fingerprint density at radius 2 is 2.06 bits per heavy atom. The van der Waals surface area contributed by atoms with E-state index in [9.17, 15) is 0 Å². The van der Waals surface area contributed by atoms with Gasteiger partial charge in [-0.15, -0.1) is 6.58 Å². The number of methoxy groups -OCH3 is 1. The molecule has 0 unspecified atom stereocenters. The molecule has 17 heavy (non-hydrogen) atoms. The monoisotopic (exact) mass is 234 g/mol. The van der Waals surface area contributed by atoms with E-state index in [2.05, 4.69) is 35.7 Å². The van der Waals surface area contributed by atoms with Crippen molar-refractivity contribution < 1.29 is 4.74 Å². The molecule has 0 heterocycles. The number of nitrogens with two attached hydrogens (primary N) is 1. The Hall–Kier alpha value is -1.32. The van der Waals surface area contributed by atoms with Gasteiger partial charge in [0.25, 0.3) is 0 Å². The molecule has 0 aliphatic carbocycles. The molecule has 94 valence electrons. The van der Waals surface area contributed by atoms with Crippen LogP contribution in [0.4, 0.5) is 5.69 Å². The van der Waals surface area contributed by atoms with Crippen LogP contribution in [0.5, 0.6) is 0 Å². The molecule has 2 N–H and O–H groups in total. The number of ether oxygens (including phenoxy) is 1. The third kappa shape index (κ3) is 4.21. The van der Waals surface area contributed by atoms with Crippen LogP contribution in [0.1, 0.15) is 18.5 Å². The smallest absolute Gasteiger partial charge is 0.0637 e. The van der Waals surface area contributed by atoms with E-state index >= 15 is 0 Å². The number of rotatable bonds is 7. The van der Waals surface area contributed by atoms with Crippen molar-refractivity contribution in [2.45, 2.75) is 13.0 Å². The van der Waals surface area contributed by atoms with Gasteiger partial charge in [-0.2, -0.15) is 0 Å². The molecular formula is C14H22N2O. The Labute approximate surface area is 104 Å². The average molecular weight is 234 g/mol. The molecule has 1 rings (SSSR count). The molecule has 0 fully saturated rings. The summed E-state index contributed by atoms with van der Waals surface area (Å²) in [7, 11) is 1.71. The first kappa shape index (κ1) is 13.7. The van der Waals surface area contributed by atoms with Crippen LogP contribution in [0.25, 0.3) is 0 Å². The lowest BCUT2D eigenvalue weighted by Gasteiger charge is -2.23. The van der Waals surface area contributed by atoms with Gasteiger partial charge in [0.2, 0.25) is 0 Å². The summed E-state index contributed by atoms with van der Waals surface area (Å²) in [6.45, 7) is 8.16. The van der Waals surface area contributed by atoms with Crippen molar-refractivity contribution in [3.05, 3.63) is 42.5 Å². The molecule has 0 amide bonds. The fraction of sp³-hybridized carbons (Fsp3) is 0.429. The van der Waals surface area contributed by atoms with Gasteiger partial charge in [0, 0.05) is 31.9 Å². The van der Waals surface area contributed by atoms with E-state index in [0.717, 1.165) is 18.7 Å². The highest BCUT2D eigenvalue weighted by molar-refractivity contribution is 5.48. The van der Waals surface area contributed by atoms with E-state index in [-0.39, 0.29) is 6.04 Å². The number of hydrogen-bond donors (Lipinski definition) is 1. The summed E-state index contributed by atoms with van der Waals surface area (Å²) < 4.78 is 5.11. The second-order valence-electron chi connectivity index (χ2n) is 4.11. The third-order valence-corrected chi connectivity index (χ3v) is 2.70. The van der Waals surface area contributed by atoms with Crippen LogP contribution in [0.3, 0.4) is 0 Å². The van der Waals surface area contributed by atoms with E-state index in [1.165, 1.54) is 5.69 Å². The minimum atomic E-state index is 0.0795. The normalized spacial score (nSPS) is 12.2. The Morgan fingerprint density at radius 3 is 2.53 bits per heavy atom. The van der Waals surface area contributed by atoms with Gasteiger partial charge in [0.1, 0.15) is 0 Å². The predicted molar refractivity (Wildman–Crippen MR) is 73.3 cm³/mol. The minimum absolute atomic E-state index is 0.0795. The van der Waals surface area contributed by atoms with Gasteiger partial charge in [-0.25, -0.2) is 0 Å². The lowest BCUT2D eigenvalue weighted by molar-refractivity contribution is 0.206. The highest BCUT2D eigenvalue weighted by Gasteiger charge is 2.05. The summed E-state index contributed by atoms with van der Waals surface area (Å²) in [5.41, 5.74) is 8.15. The Bertz CT molecular complexity index is 333. The quantitative estimate of drug-likeness (QED) is 0.736. The zero-order valence-corrected chi connectivity index (χ0v) is 10.7. The topological polar surface area (TPSA) is 38.5 Å². The Kier molecular flexibility index (Phi) is 5.73. The summed E-state index contributed by atoms with van der Waals surface area (Å²) in [5.74, 6) is 0. The molecule has 0 spiro atoms. The number of nitrogens with zero attached hydrogens (tertiary/aromatic N) is 1. The molecule has 3 heteroatoms. The summed E-state index contributed by atoms with van der Waals surface area (Å²) >= 11 is 0. The minimum Gasteiger partial charge on any atom is -0.383 e. The summed E-state index contributed by atoms with van der Waals surface area (Å²) in [5, 5.41) is 0. The molecule has 0 aliphatic heterocycles. The molecule has 1 aromatic rings. The van der Waals surface area contributed by atoms with Crippen molar-refractivity contribution in [3.8, 4) is 0 Å². The highest BCUT2D eigenvalue weighted by atomic mass is 16.5. The molecule has 0 bridgehead atoms. The first-order chi connectivity index (χ1) is 8.19. The summed E-state index contributed by atoms with van der Waals surface area (Å²) in [6.07, 6.45) is 1.90. The zero-order valence-electron chi connectivity index (χ0n) is 10.7. The number of benzene rings is 1. The van der Waals surface area contributed by atoms with E-state index in [1.807, 2.05) is 13.0 Å². The van der Waals surface area contributed by atoms with Crippen LogP contribution in [-0.2, 0) is 4.74 Å². The molecule has 0 saturated carbocycles. The molecule has 0 aromatic heterocycles. The van der Waals surface area contributed by atoms with Gasteiger partial charge >= 0.3 is 0 Å². The third-order valence-electron chi connectivity index (χ3n) is 2.70. The first-order valence-corrected chi connectivity index (χ1v) is 5.89. The van der Waals surface area contributed by atoms with Crippen LogP contribution < -0.4 is 10.6 Å². The molecule has 3 nitrogen and oxygen atoms in total. The van der Waals surface area contributed by atoms with Crippen LogP contribution in [0, 0.1) is 0 Å². The first-order valence-electron chi connectivity index (χ1n) is 5.89. The average Bonchev–Trinajstić information content (AvgIpc) is 2.34. The fourth-order valence-corrected chi connectivity index (χ4v) is 1.67. The second-order valence-corrected chi connectivity index (χ2v) is 4.11. The maximum absolute atomic E-state index is 5.83. The summed E-state index contributed by atoms with van der Waals surface area (Å²) in [4.78, 5) is 2.22. The van der Waals surface area contributed by atoms with Crippen molar-refractivity contribution in [2.75, 3.05) is 31.7 Å². The zero-order chi connectivity index (χ0) is 12.7. The maximum atomic E-state index is 5.83. The van der Waals surface area contributed by atoms with Crippen LogP contribution in [0.2, 0.25) is 0 Å². The molecule has 0 aliphatic rings. The number of anilines is 1. The van der Waals surface area contributed by atoms with Crippen molar-refractivity contribution in [2.24, 2.45) is 5.73 Å². The van der Waals surface area contributed by atoms with E-state index < -0.39 is 0 Å². The highest BCUT2D eigenvalue weighted by Crippen LogP contribution is 2.18. The van der Waals surface area contributed by atoms with E-state index in [4.69, 9.17) is 10.5 Å². The van der Waals surface area contributed by atoms with Crippen molar-refractivity contribution in [1.29, 1.82) is 0 Å². The largest absolute Gasteiger partial charge is 0.383 e. The lowest BCUT2D eigenvalue weighted by Crippen LogP contribution is -2.27.